The standard InChI is InChI=1S/C13H10BrNO3S/c1-15-13(17)19-11(7-16)6-9-5-10(14)4-8-2-3-18-12(8)9/h2-7H,1H3,(H,15,17)/b11-6-. The maximum atomic E-state index is 11.3. The number of aldehydes is 1. The number of rotatable bonds is 3. The Morgan fingerprint density at radius 3 is 2.95 bits per heavy atom. The lowest BCUT2D eigenvalue weighted by molar-refractivity contribution is -0.104. The molecular formula is C13H10BrNO3S. The van der Waals surface area contributed by atoms with Crippen molar-refractivity contribution >= 4 is 56.3 Å². The van der Waals surface area contributed by atoms with E-state index in [1.807, 2.05) is 18.2 Å². The third-order valence-corrected chi connectivity index (χ3v) is 3.67. The number of benzene rings is 1. The minimum atomic E-state index is -0.288. The van der Waals surface area contributed by atoms with Gasteiger partial charge in [0.15, 0.2) is 6.29 Å². The van der Waals surface area contributed by atoms with E-state index in [4.69, 9.17) is 4.42 Å². The molecule has 1 aromatic heterocycles. The zero-order valence-corrected chi connectivity index (χ0v) is 12.4. The molecule has 4 nitrogen and oxygen atoms in total. The SMILES string of the molecule is CNC(=O)S/C(C=O)=C\c1cc(Br)cc2ccoc12. The van der Waals surface area contributed by atoms with E-state index in [2.05, 4.69) is 21.2 Å². The van der Waals surface area contributed by atoms with E-state index in [-0.39, 0.29) is 5.24 Å². The Balaban J connectivity index is 2.45. The summed E-state index contributed by atoms with van der Waals surface area (Å²) in [5.41, 5.74) is 1.42. The van der Waals surface area contributed by atoms with E-state index in [0.717, 1.165) is 27.2 Å². The second kappa shape index (κ2) is 6.08. The predicted octanol–water partition coefficient (Wildman–Crippen LogP) is 3.81. The fourth-order valence-electron chi connectivity index (χ4n) is 1.58. The van der Waals surface area contributed by atoms with Crippen molar-refractivity contribution in [3.05, 3.63) is 39.4 Å². The highest BCUT2D eigenvalue weighted by Crippen LogP contribution is 2.28. The summed E-state index contributed by atoms with van der Waals surface area (Å²) in [4.78, 5) is 22.6. The Morgan fingerprint density at radius 1 is 1.47 bits per heavy atom. The van der Waals surface area contributed by atoms with Gasteiger partial charge in [-0.3, -0.25) is 9.59 Å². The van der Waals surface area contributed by atoms with Gasteiger partial charge in [0, 0.05) is 22.5 Å². The fourth-order valence-corrected chi connectivity index (χ4v) is 2.62. The van der Waals surface area contributed by atoms with Gasteiger partial charge in [-0.05, 0) is 36.0 Å². The van der Waals surface area contributed by atoms with Gasteiger partial charge in [0.1, 0.15) is 5.58 Å². The smallest absolute Gasteiger partial charge is 0.283 e. The van der Waals surface area contributed by atoms with Gasteiger partial charge in [0.05, 0.1) is 11.2 Å². The van der Waals surface area contributed by atoms with Crippen molar-refractivity contribution < 1.29 is 14.0 Å². The van der Waals surface area contributed by atoms with Crippen molar-refractivity contribution in [3.8, 4) is 0 Å². The topological polar surface area (TPSA) is 59.3 Å². The Labute approximate surface area is 122 Å². The second-order valence-electron chi connectivity index (χ2n) is 3.64. The highest BCUT2D eigenvalue weighted by Gasteiger charge is 2.08. The number of fused-ring (bicyclic) bond motifs is 1. The highest BCUT2D eigenvalue weighted by molar-refractivity contribution is 9.10. The van der Waals surface area contributed by atoms with Crippen LogP contribution in [0.5, 0.6) is 0 Å². The number of carbonyl (C=O) groups is 2. The van der Waals surface area contributed by atoms with Crippen LogP contribution in [-0.2, 0) is 4.79 Å². The first kappa shape index (κ1) is 13.9. The highest BCUT2D eigenvalue weighted by atomic mass is 79.9. The van der Waals surface area contributed by atoms with Gasteiger partial charge in [-0.25, -0.2) is 0 Å². The van der Waals surface area contributed by atoms with E-state index < -0.39 is 0 Å². The molecule has 1 aromatic carbocycles. The van der Waals surface area contributed by atoms with Crippen LogP contribution in [0.3, 0.4) is 0 Å². The average molecular weight is 340 g/mol. The van der Waals surface area contributed by atoms with Crippen molar-refractivity contribution in [3.63, 3.8) is 0 Å². The molecule has 0 radical (unpaired) electrons. The van der Waals surface area contributed by atoms with Crippen molar-refractivity contribution in [2.75, 3.05) is 7.05 Å². The minimum absolute atomic E-state index is 0.288. The lowest BCUT2D eigenvalue weighted by Crippen LogP contribution is -2.11. The minimum Gasteiger partial charge on any atom is -0.464 e. The zero-order chi connectivity index (χ0) is 13.8. The monoisotopic (exact) mass is 339 g/mol. The molecule has 0 aliphatic rings. The summed E-state index contributed by atoms with van der Waals surface area (Å²) in [5, 5.41) is 3.09. The molecule has 0 bridgehead atoms. The van der Waals surface area contributed by atoms with Crippen LogP contribution in [0.15, 0.2) is 38.3 Å². The molecule has 0 fully saturated rings. The lowest BCUT2D eigenvalue weighted by Gasteiger charge is -2.01. The van der Waals surface area contributed by atoms with Crippen molar-refractivity contribution in [2.24, 2.45) is 0 Å². The summed E-state index contributed by atoms with van der Waals surface area (Å²) in [6.45, 7) is 0. The third kappa shape index (κ3) is 3.27. The molecular weight excluding hydrogens is 330 g/mol. The van der Waals surface area contributed by atoms with E-state index in [0.29, 0.717) is 16.8 Å². The third-order valence-electron chi connectivity index (χ3n) is 2.37. The molecule has 6 heteroatoms. The normalized spacial score (nSPS) is 11.6. The van der Waals surface area contributed by atoms with E-state index in [9.17, 15) is 9.59 Å². The predicted molar refractivity (Wildman–Crippen MR) is 80.0 cm³/mol. The first-order chi connectivity index (χ1) is 9.13. The average Bonchev–Trinajstić information content (AvgIpc) is 2.85. The molecule has 0 unspecified atom stereocenters. The van der Waals surface area contributed by atoms with Crippen molar-refractivity contribution in [1.29, 1.82) is 0 Å². The summed E-state index contributed by atoms with van der Waals surface area (Å²) < 4.78 is 6.27. The molecule has 0 saturated carbocycles. The number of amides is 1. The van der Waals surface area contributed by atoms with Gasteiger partial charge in [0.2, 0.25) is 0 Å². The van der Waals surface area contributed by atoms with Crippen LogP contribution in [0.4, 0.5) is 4.79 Å². The quantitative estimate of drug-likeness (QED) is 0.682. The van der Waals surface area contributed by atoms with Gasteiger partial charge in [-0.2, -0.15) is 0 Å². The van der Waals surface area contributed by atoms with E-state index >= 15 is 0 Å². The largest absolute Gasteiger partial charge is 0.464 e. The van der Waals surface area contributed by atoms with Crippen LogP contribution in [0, 0.1) is 0 Å². The van der Waals surface area contributed by atoms with Crippen LogP contribution < -0.4 is 5.32 Å². The van der Waals surface area contributed by atoms with Crippen LogP contribution in [0.2, 0.25) is 0 Å². The lowest BCUT2D eigenvalue weighted by atomic mass is 10.1. The first-order valence-electron chi connectivity index (χ1n) is 5.37. The fraction of sp³-hybridized carbons (Fsp3) is 0.0769. The molecule has 0 aliphatic heterocycles. The Kier molecular flexibility index (Phi) is 4.44. The van der Waals surface area contributed by atoms with Crippen molar-refractivity contribution in [2.45, 2.75) is 0 Å². The summed E-state index contributed by atoms with van der Waals surface area (Å²) >= 11 is 4.24. The molecule has 2 rings (SSSR count). The molecule has 2 aromatic rings. The molecule has 0 aliphatic carbocycles. The maximum Gasteiger partial charge on any atom is 0.283 e. The van der Waals surface area contributed by atoms with E-state index in [1.165, 1.54) is 7.05 Å². The van der Waals surface area contributed by atoms with Gasteiger partial charge in [-0.15, -0.1) is 0 Å². The number of nitrogens with one attached hydrogen (secondary N) is 1. The molecule has 1 heterocycles. The zero-order valence-electron chi connectivity index (χ0n) is 9.98. The summed E-state index contributed by atoms with van der Waals surface area (Å²) in [6, 6.07) is 5.59. The van der Waals surface area contributed by atoms with Gasteiger partial charge < -0.3 is 9.73 Å². The molecule has 0 spiro atoms. The Morgan fingerprint density at radius 2 is 2.26 bits per heavy atom. The Bertz CT molecular complexity index is 663. The van der Waals surface area contributed by atoms with Crippen LogP contribution >= 0.6 is 27.7 Å². The first-order valence-corrected chi connectivity index (χ1v) is 6.98. The molecule has 1 amide bonds. The number of hydrogen-bond donors (Lipinski definition) is 1. The number of carbonyl (C=O) groups excluding carboxylic acids is 2. The number of thioether (sulfide) groups is 1. The second-order valence-corrected chi connectivity index (χ2v) is 5.60. The van der Waals surface area contributed by atoms with Gasteiger partial charge >= 0.3 is 0 Å². The molecule has 98 valence electrons. The summed E-state index contributed by atoms with van der Waals surface area (Å²) in [6.07, 6.45) is 3.86. The van der Waals surface area contributed by atoms with Gasteiger partial charge in [0.25, 0.3) is 5.24 Å². The van der Waals surface area contributed by atoms with Crippen LogP contribution in [0.25, 0.3) is 17.0 Å². The number of furan rings is 1. The molecule has 19 heavy (non-hydrogen) atoms. The van der Waals surface area contributed by atoms with Crippen LogP contribution in [-0.4, -0.2) is 18.6 Å². The van der Waals surface area contributed by atoms with Gasteiger partial charge in [-0.1, -0.05) is 15.9 Å². The van der Waals surface area contributed by atoms with E-state index in [1.54, 1.807) is 12.3 Å². The van der Waals surface area contributed by atoms with Crippen molar-refractivity contribution in [1.82, 2.24) is 5.32 Å². The number of hydrogen-bond acceptors (Lipinski definition) is 4. The number of allylic oxidation sites excluding steroid dienone is 1. The van der Waals surface area contributed by atoms with Crippen LogP contribution in [0.1, 0.15) is 5.56 Å². The Hall–Kier alpha value is -1.53. The molecule has 0 saturated heterocycles. The summed E-state index contributed by atoms with van der Waals surface area (Å²) in [7, 11) is 1.52. The number of halogens is 1. The maximum absolute atomic E-state index is 11.3. The molecule has 1 N–H and O–H groups in total. The molecule has 0 atom stereocenters. The summed E-state index contributed by atoms with van der Waals surface area (Å²) in [5.74, 6) is 0.